The van der Waals surface area contributed by atoms with Gasteiger partial charge in [-0.2, -0.15) is 0 Å². The number of hydrogen-bond acceptors (Lipinski definition) is 3. The lowest BCUT2D eigenvalue weighted by molar-refractivity contribution is 0.294. The fourth-order valence-electron chi connectivity index (χ4n) is 1.93. The van der Waals surface area contributed by atoms with Crippen molar-refractivity contribution < 1.29 is 0 Å². The standard InChI is InChI=1S/C15H19BrN2S/c1-2-18(12-13-6-5-11-19-13)10-9-17-15-8-4-3-7-14(15)16/h3-8,11,17H,2,9-10,12H2,1H3. The highest BCUT2D eigenvalue weighted by atomic mass is 79.9. The third-order valence-corrected chi connectivity index (χ3v) is 4.58. The van der Waals surface area contributed by atoms with E-state index in [0.717, 1.165) is 36.3 Å². The Morgan fingerprint density at radius 3 is 2.74 bits per heavy atom. The van der Waals surface area contributed by atoms with Crippen LogP contribution in [0.2, 0.25) is 0 Å². The Labute approximate surface area is 127 Å². The molecule has 2 nitrogen and oxygen atoms in total. The predicted molar refractivity (Wildman–Crippen MR) is 87.9 cm³/mol. The lowest BCUT2D eigenvalue weighted by Gasteiger charge is -2.20. The molecule has 0 radical (unpaired) electrons. The van der Waals surface area contributed by atoms with Crippen LogP contribution in [0.1, 0.15) is 11.8 Å². The summed E-state index contributed by atoms with van der Waals surface area (Å²) in [6, 6.07) is 12.6. The van der Waals surface area contributed by atoms with Gasteiger partial charge in [-0.15, -0.1) is 11.3 Å². The van der Waals surface area contributed by atoms with E-state index in [0.29, 0.717) is 0 Å². The Morgan fingerprint density at radius 2 is 2.05 bits per heavy atom. The quantitative estimate of drug-likeness (QED) is 0.802. The van der Waals surface area contributed by atoms with Crippen LogP contribution in [0.25, 0.3) is 0 Å². The van der Waals surface area contributed by atoms with Gasteiger partial charge in [-0.05, 0) is 46.1 Å². The van der Waals surface area contributed by atoms with Crippen molar-refractivity contribution in [2.75, 3.05) is 25.0 Å². The summed E-state index contributed by atoms with van der Waals surface area (Å²) >= 11 is 5.38. The number of nitrogens with one attached hydrogen (secondary N) is 1. The van der Waals surface area contributed by atoms with Crippen LogP contribution in [0, 0.1) is 0 Å². The van der Waals surface area contributed by atoms with Crippen molar-refractivity contribution in [1.29, 1.82) is 0 Å². The molecule has 2 aromatic rings. The molecule has 102 valence electrons. The molecule has 0 spiro atoms. The third-order valence-electron chi connectivity index (χ3n) is 3.02. The summed E-state index contributed by atoms with van der Waals surface area (Å²) in [5, 5.41) is 5.61. The molecule has 0 amide bonds. The lowest BCUT2D eigenvalue weighted by Crippen LogP contribution is -2.28. The molecule has 0 atom stereocenters. The molecule has 0 aliphatic heterocycles. The minimum absolute atomic E-state index is 0.960. The molecule has 0 aliphatic rings. The van der Waals surface area contributed by atoms with Crippen LogP contribution in [-0.4, -0.2) is 24.5 Å². The first-order valence-electron chi connectivity index (χ1n) is 6.52. The molecule has 0 aliphatic carbocycles. The maximum Gasteiger partial charge on any atom is 0.0485 e. The highest BCUT2D eigenvalue weighted by Crippen LogP contribution is 2.20. The van der Waals surface area contributed by atoms with Crippen LogP contribution in [0.4, 0.5) is 5.69 Å². The average Bonchev–Trinajstić information content (AvgIpc) is 2.92. The maximum absolute atomic E-state index is 3.55. The summed E-state index contributed by atoms with van der Waals surface area (Å²) in [5.74, 6) is 0. The number of para-hydroxylation sites is 1. The van der Waals surface area contributed by atoms with Crippen molar-refractivity contribution in [3.05, 3.63) is 51.1 Å². The summed E-state index contributed by atoms with van der Waals surface area (Å²) in [5.41, 5.74) is 1.16. The largest absolute Gasteiger partial charge is 0.383 e. The number of benzene rings is 1. The van der Waals surface area contributed by atoms with Gasteiger partial charge >= 0.3 is 0 Å². The molecule has 19 heavy (non-hydrogen) atoms. The molecule has 1 aromatic carbocycles. The van der Waals surface area contributed by atoms with Gasteiger partial charge in [0, 0.05) is 34.7 Å². The zero-order valence-corrected chi connectivity index (χ0v) is 13.5. The van der Waals surface area contributed by atoms with Crippen LogP contribution >= 0.6 is 27.3 Å². The van der Waals surface area contributed by atoms with Crippen molar-refractivity contribution in [2.45, 2.75) is 13.5 Å². The van der Waals surface area contributed by atoms with Gasteiger partial charge in [-0.1, -0.05) is 25.1 Å². The Morgan fingerprint density at radius 1 is 1.21 bits per heavy atom. The second-order valence-electron chi connectivity index (χ2n) is 4.35. The number of thiophene rings is 1. The van der Waals surface area contributed by atoms with Crippen molar-refractivity contribution >= 4 is 33.0 Å². The summed E-state index contributed by atoms with van der Waals surface area (Å²) in [6.07, 6.45) is 0. The molecule has 2 rings (SSSR count). The van der Waals surface area contributed by atoms with Gasteiger partial charge < -0.3 is 5.32 Å². The summed E-state index contributed by atoms with van der Waals surface area (Å²) in [4.78, 5) is 3.89. The van der Waals surface area contributed by atoms with E-state index in [4.69, 9.17) is 0 Å². The highest BCUT2D eigenvalue weighted by molar-refractivity contribution is 9.10. The van der Waals surface area contributed by atoms with E-state index in [1.165, 1.54) is 4.88 Å². The van der Waals surface area contributed by atoms with Crippen molar-refractivity contribution in [3.8, 4) is 0 Å². The maximum atomic E-state index is 3.55. The molecule has 1 N–H and O–H groups in total. The topological polar surface area (TPSA) is 15.3 Å². The van der Waals surface area contributed by atoms with E-state index < -0.39 is 0 Å². The first kappa shape index (κ1) is 14.6. The molecule has 0 unspecified atom stereocenters. The molecule has 0 fully saturated rings. The third kappa shape index (κ3) is 4.64. The minimum atomic E-state index is 0.960. The van der Waals surface area contributed by atoms with Crippen LogP contribution < -0.4 is 5.32 Å². The van der Waals surface area contributed by atoms with E-state index in [2.05, 4.69) is 68.8 Å². The van der Waals surface area contributed by atoms with Gasteiger partial charge in [0.05, 0.1) is 0 Å². The van der Waals surface area contributed by atoms with E-state index in [9.17, 15) is 0 Å². The van der Waals surface area contributed by atoms with E-state index >= 15 is 0 Å². The number of anilines is 1. The molecular formula is C15H19BrN2S. The second kappa shape index (κ2) is 7.68. The van der Waals surface area contributed by atoms with Gasteiger partial charge in [-0.25, -0.2) is 0 Å². The smallest absolute Gasteiger partial charge is 0.0485 e. The first-order valence-corrected chi connectivity index (χ1v) is 8.20. The van der Waals surface area contributed by atoms with Crippen LogP contribution in [0.3, 0.4) is 0 Å². The number of rotatable bonds is 7. The lowest BCUT2D eigenvalue weighted by atomic mass is 10.3. The summed E-state index contributed by atoms with van der Waals surface area (Å²) in [6.45, 7) is 6.35. The van der Waals surface area contributed by atoms with Gasteiger partial charge in [0.15, 0.2) is 0 Å². The minimum Gasteiger partial charge on any atom is -0.383 e. The van der Waals surface area contributed by atoms with E-state index in [1.54, 1.807) is 0 Å². The van der Waals surface area contributed by atoms with Crippen LogP contribution in [0.5, 0.6) is 0 Å². The second-order valence-corrected chi connectivity index (χ2v) is 6.24. The molecule has 1 heterocycles. The van der Waals surface area contributed by atoms with Gasteiger partial charge in [0.25, 0.3) is 0 Å². The molecule has 0 saturated heterocycles. The Hall–Kier alpha value is -0.840. The monoisotopic (exact) mass is 338 g/mol. The normalized spacial score (nSPS) is 10.9. The number of likely N-dealkylation sites (N-methyl/N-ethyl adjacent to an activating group) is 1. The number of nitrogens with zero attached hydrogens (tertiary/aromatic N) is 1. The molecule has 0 saturated carbocycles. The fourth-order valence-corrected chi connectivity index (χ4v) is 3.10. The summed E-state index contributed by atoms with van der Waals surface area (Å²) < 4.78 is 1.12. The molecule has 1 aromatic heterocycles. The van der Waals surface area contributed by atoms with Gasteiger partial charge in [-0.3, -0.25) is 4.90 Å². The number of hydrogen-bond donors (Lipinski definition) is 1. The first-order chi connectivity index (χ1) is 9.29. The van der Waals surface area contributed by atoms with Crippen molar-refractivity contribution in [2.24, 2.45) is 0 Å². The number of halogens is 1. The predicted octanol–water partition coefficient (Wildman–Crippen LogP) is 4.44. The van der Waals surface area contributed by atoms with E-state index in [-0.39, 0.29) is 0 Å². The summed E-state index contributed by atoms with van der Waals surface area (Å²) in [7, 11) is 0. The molecule has 4 heteroatoms. The Kier molecular flexibility index (Phi) is 5.89. The zero-order chi connectivity index (χ0) is 13.5. The molecule has 0 bridgehead atoms. The van der Waals surface area contributed by atoms with E-state index in [1.807, 2.05) is 17.4 Å². The fraction of sp³-hybridized carbons (Fsp3) is 0.333. The zero-order valence-electron chi connectivity index (χ0n) is 11.1. The average molecular weight is 339 g/mol. The Bertz CT molecular complexity index is 485. The van der Waals surface area contributed by atoms with Gasteiger partial charge in [0.1, 0.15) is 0 Å². The van der Waals surface area contributed by atoms with Crippen molar-refractivity contribution in [3.63, 3.8) is 0 Å². The van der Waals surface area contributed by atoms with Gasteiger partial charge in [0.2, 0.25) is 0 Å². The molecular weight excluding hydrogens is 320 g/mol. The highest BCUT2D eigenvalue weighted by Gasteiger charge is 2.04. The van der Waals surface area contributed by atoms with Crippen molar-refractivity contribution in [1.82, 2.24) is 4.90 Å². The van der Waals surface area contributed by atoms with Crippen LogP contribution in [0.15, 0.2) is 46.3 Å². The van der Waals surface area contributed by atoms with Crippen LogP contribution in [-0.2, 0) is 6.54 Å². The Balaban J connectivity index is 1.79. The SMILES string of the molecule is CCN(CCNc1ccccc1Br)Cc1cccs1.